The lowest BCUT2D eigenvalue weighted by atomic mass is 10.0. The summed E-state index contributed by atoms with van der Waals surface area (Å²) in [6.45, 7) is 8.69. The largest absolute Gasteiger partial charge is 0.258 e. The minimum absolute atomic E-state index is 1.12. The van der Waals surface area contributed by atoms with Crippen LogP contribution in [0.3, 0.4) is 0 Å². The summed E-state index contributed by atoms with van der Waals surface area (Å²) in [5.41, 5.74) is 3.66. The van der Waals surface area contributed by atoms with Crippen LogP contribution in [0.25, 0.3) is 0 Å². The number of nitrogens with zero attached hydrogens (tertiary/aromatic N) is 1. The molecule has 131 valence electrons. The molecule has 0 aliphatic carbocycles. The van der Waals surface area contributed by atoms with Crippen molar-refractivity contribution in [3.8, 4) is 0 Å². The zero-order valence-electron chi connectivity index (χ0n) is 15.7. The molecule has 1 nitrogen and oxygen atoms in total. The molecule has 0 aliphatic heterocycles. The van der Waals surface area contributed by atoms with Gasteiger partial charge < -0.3 is 0 Å². The number of rotatable bonds is 14. The Kier molecular flexibility index (Phi) is 11.9. The Morgan fingerprint density at radius 1 is 0.652 bits per heavy atom. The zero-order valence-corrected chi connectivity index (χ0v) is 15.7. The van der Waals surface area contributed by atoms with Gasteiger partial charge in [-0.25, -0.2) is 0 Å². The highest BCUT2D eigenvalue weighted by molar-refractivity contribution is 5.24. The highest BCUT2D eigenvalue weighted by atomic mass is 14.7. The summed E-state index contributed by atoms with van der Waals surface area (Å²) >= 11 is 0. The summed E-state index contributed by atoms with van der Waals surface area (Å²) in [6, 6.07) is 4.35. The van der Waals surface area contributed by atoms with E-state index in [0.717, 1.165) is 18.4 Å². The van der Waals surface area contributed by atoms with Crippen LogP contribution in [0, 0.1) is 6.92 Å². The lowest BCUT2D eigenvalue weighted by molar-refractivity contribution is 0.598. The quantitative estimate of drug-likeness (QED) is 0.334. The first-order valence-corrected chi connectivity index (χ1v) is 10.1. The molecule has 1 aromatic rings. The maximum atomic E-state index is 4.86. The van der Waals surface area contributed by atoms with Gasteiger partial charge in [-0.05, 0) is 50.3 Å². The Bertz CT molecular complexity index is 363. The van der Waals surface area contributed by atoms with E-state index < -0.39 is 0 Å². The van der Waals surface area contributed by atoms with Gasteiger partial charge in [0.05, 0.1) is 0 Å². The SMILES string of the molecule is [CH2]c1cc(CCCCCCCC)nc(CCCCCCCC)c1. The van der Waals surface area contributed by atoms with Crippen LogP contribution in [-0.2, 0) is 12.8 Å². The van der Waals surface area contributed by atoms with Gasteiger partial charge in [0.2, 0.25) is 0 Å². The number of aryl methyl sites for hydroxylation is 2. The molecule has 1 aromatic heterocycles. The van der Waals surface area contributed by atoms with E-state index in [9.17, 15) is 0 Å². The van der Waals surface area contributed by atoms with Crippen molar-refractivity contribution in [3.05, 3.63) is 36.0 Å². The van der Waals surface area contributed by atoms with Crippen molar-refractivity contribution in [2.75, 3.05) is 0 Å². The minimum Gasteiger partial charge on any atom is -0.258 e. The van der Waals surface area contributed by atoms with Crippen LogP contribution in [0.4, 0.5) is 0 Å². The first kappa shape index (κ1) is 20.2. The highest BCUT2D eigenvalue weighted by Gasteiger charge is 2.02. The predicted octanol–water partition coefficient (Wildman–Crippen LogP) is 7.07. The molecular formula is C22H38N. The van der Waals surface area contributed by atoms with Crippen molar-refractivity contribution in [1.29, 1.82) is 0 Å². The van der Waals surface area contributed by atoms with E-state index in [4.69, 9.17) is 4.98 Å². The van der Waals surface area contributed by atoms with Gasteiger partial charge in [0, 0.05) is 11.4 Å². The summed E-state index contributed by atoms with van der Waals surface area (Å²) < 4.78 is 0. The van der Waals surface area contributed by atoms with Gasteiger partial charge in [0.1, 0.15) is 0 Å². The van der Waals surface area contributed by atoms with Gasteiger partial charge >= 0.3 is 0 Å². The van der Waals surface area contributed by atoms with Gasteiger partial charge in [-0.3, -0.25) is 4.98 Å². The molecule has 1 radical (unpaired) electrons. The van der Waals surface area contributed by atoms with Gasteiger partial charge in [-0.2, -0.15) is 0 Å². The van der Waals surface area contributed by atoms with Gasteiger partial charge in [0.25, 0.3) is 0 Å². The fourth-order valence-electron chi connectivity index (χ4n) is 3.15. The van der Waals surface area contributed by atoms with Crippen molar-refractivity contribution >= 4 is 0 Å². The topological polar surface area (TPSA) is 12.9 Å². The fourth-order valence-corrected chi connectivity index (χ4v) is 3.15. The molecule has 1 rings (SSSR count). The van der Waals surface area contributed by atoms with Crippen molar-refractivity contribution in [1.82, 2.24) is 4.98 Å². The smallest absolute Gasteiger partial charge is 0.0409 e. The monoisotopic (exact) mass is 316 g/mol. The highest BCUT2D eigenvalue weighted by Crippen LogP contribution is 2.14. The third kappa shape index (κ3) is 10.5. The molecular weight excluding hydrogens is 278 g/mol. The minimum atomic E-state index is 1.12. The molecule has 0 saturated heterocycles. The third-order valence-electron chi connectivity index (χ3n) is 4.56. The molecule has 23 heavy (non-hydrogen) atoms. The van der Waals surface area contributed by atoms with Gasteiger partial charge in [-0.1, -0.05) is 78.1 Å². The van der Waals surface area contributed by atoms with E-state index in [2.05, 4.69) is 32.9 Å². The van der Waals surface area contributed by atoms with Crippen LogP contribution in [0.2, 0.25) is 0 Å². The summed E-state index contributed by atoms with van der Waals surface area (Å²) in [6.07, 6.45) is 18.4. The fraction of sp³-hybridized carbons (Fsp3) is 0.727. The second-order valence-electron chi connectivity index (χ2n) is 6.99. The third-order valence-corrected chi connectivity index (χ3v) is 4.56. The molecule has 1 heteroatoms. The molecule has 0 spiro atoms. The molecule has 0 saturated carbocycles. The Hall–Kier alpha value is -0.850. The molecule has 0 fully saturated rings. The van der Waals surface area contributed by atoms with E-state index in [1.807, 2.05) is 0 Å². The maximum Gasteiger partial charge on any atom is 0.0409 e. The van der Waals surface area contributed by atoms with Crippen LogP contribution in [0.15, 0.2) is 12.1 Å². The van der Waals surface area contributed by atoms with Crippen molar-refractivity contribution in [3.63, 3.8) is 0 Å². The summed E-state index contributed by atoms with van der Waals surface area (Å²) in [4.78, 5) is 4.86. The Morgan fingerprint density at radius 2 is 1.04 bits per heavy atom. The molecule has 0 unspecified atom stereocenters. The van der Waals surface area contributed by atoms with Crippen LogP contribution < -0.4 is 0 Å². The Labute approximate surface area is 145 Å². The average Bonchev–Trinajstić information content (AvgIpc) is 2.53. The van der Waals surface area contributed by atoms with Crippen LogP contribution in [-0.4, -0.2) is 4.98 Å². The number of hydrogen-bond acceptors (Lipinski definition) is 1. The van der Waals surface area contributed by atoms with Crippen molar-refractivity contribution in [2.24, 2.45) is 0 Å². The molecule has 0 N–H and O–H groups in total. The van der Waals surface area contributed by atoms with E-state index in [1.165, 1.54) is 88.4 Å². The normalized spacial score (nSPS) is 11.1. The Morgan fingerprint density at radius 3 is 1.48 bits per heavy atom. The van der Waals surface area contributed by atoms with E-state index in [0.29, 0.717) is 0 Å². The molecule has 0 aromatic carbocycles. The average molecular weight is 317 g/mol. The number of unbranched alkanes of at least 4 members (excludes halogenated alkanes) is 10. The zero-order chi connectivity index (χ0) is 16.8. The van der Waals surface area contributed by atoms with Crippen LogP contribution in [0.5, 0.6) is 0 Å². The lowest BCUT2D eigenvalue weighted by Crippen LogP contribution is -1.98. The Balaban J connectivity index is 2.25. The van der Waals surface area contributed by atoms with Crippen LogP contribution in [0.1, 0.15) is 108 Å². The number of pyridine rings is 1. The standard InChI is InChI=1S/C22H38N/c1-4-6-8-10-12-14-16-21-18-20(3)19-22(23-21)17-15-13-11-9-7-5-2/h18-19H,3-17H2,1-2H3. The lowest BCUT2D eigenvalue weighted by Gasteiger charge is -2.07. The second-order valence-corrected chi connectivity index (χ2v) is 6.99. The van der Waals surface area contributed by atoms with Gasteiger partial charge in [0.15, 0.2) is 0 Å². The molecule has 0 aliphatic rings. The first-order valence-electron chi connectivity index (χ1n) is 10.1. The molecule has 1 heterocycles. The summed E-state index contributed by atoms with van der Waals surface area (Å²) in [5, 5.41) is 0. The summed E-state index contributed by atoms with van der Waals surface area (Å²) in [5.74, 6) is 0. The van der Waals surface area contributed by atoms with Crippen LogP contribution >= 0.6 is 0 Å². The molecule has 0 amide bonds. The first-order chi connectivity index (χ1) is 11.3. The van der Waals surface area contributed by atoms with Gasteiger partial charge in [-0.15, -0.1) is 0 Å². The maximum absolute atomic E-state index is 4.86. The van der Waals surface area contributed by atoms with E-state index >= 15 is 0 Å². The number of aromatic nitrogens is 1. The molecule has 0 atom stereocenters. The molecule has 0 bridgehead atoms. The van der Waals surface area contributed by atoms with Crippen molar-refractivity contribution < 1.29 is 0 Å². The summed E-state index contributed by atoms with van der Waals surface area (Å²) in [7, 11) is 0. The van der Waals surface area contributed by atoms with E-state index in [-0.39, 0.29) is 0 Å². The predicted molar refractivity (Wildman–Crippen MR) is 103 cm³/mol. The number of hydrogen-bond donors (Lipinski definition) is 0. The second kappa shape index (κ2) is 13.6. The van der Waals surface area contributed by atoms with Crippen molar-refractivity contribution in [2.45, 2.75) is 104 Å². The van der Waals surface area contributed by atoms with E-state index in [1.54, 1.807) is 0 Å².